The lowest BCUT2D eigenvalue weighted by molar-refractivity contribution is 0.415. The molecule has 0 aliphatic carbocycles. The molecular weight excluding hydrogens is 452 g/mol. The SMILES string of the molecule is COc1c(/C=C/c2ccc(NS(C)=O)cc2)cc(-n2ccc(=O)[nH]c2=O)cc1-c1cccnc1. The average molecular weight is 475 g/mol. The highest BCUT2D eigenvalue weighted by molar-refractivity contribution is 7.85. The first-order valence-corrected chi connectivity index (χ1v) is 11.8. The fraction of sp³-hybridized carbons (Fsp3) is 0.0800. The van der Waals surface area contributed by atoms with Gasteiger partial charge in [-0.1, -0.05) is 30.4 Å². The number of H-pyrrole nitrogens is 1. The topological polar surface area (TPSA) is 106 Å². The fourth-order valence-corrected chi connectivity index (χ4v) is 3.97. The molecule has 9 heteroatoms. The summed E-state index contributed by atoms with van der Waals surface area (Å²) in [6, 6.07) is 16.1. The van der Waals surface area contributed by atoms with Crippen LogP contribution in [0.2, 0.25) is 0 Å². The first kappa shape index (κ1) is 22.9. The molecule has 0 aliphatic rings. The van der Waals surface area contributed by atoms with Crippen molar-refractivity contribution in [2.75, 3.05) is 18.1 Å². The molecule has 4 rings (SSSR count). The van der Waals surface area contributed by atoms with E-state index < -0.39 is 22.2 Å². The van der Waals surface area contributed by atoms with Crippen LogP contribution in [0.4, 0.5) is 5.69 Å². The number of aromatic nitrogens is 3. The summed E-state index contributed by atoms with van der Waals surface area (Å²) in [6.45, 7) is 0. The van der Waals surface area contributed by atoms with Crippen LogP contribution in [-0.4, -0.2) is 32.1 Å². The molecular formula is C25H22N4O4S. The van der Waals surface area contributed by atoms with Gasteiger partial charge in [0.25, 0.3) is 5.56 Å². The van der Waals surface area contributed by atoms with Gasteiger partial charge < -0.3 is 9.46 Å². The van der Waals surface area contributed by atoms with Crippen molar-refractivity contribution >= 4 is 28.8 Å². The Kier molecular flexibility index (Phi) is 6.84. The minimum Gasteiger partial charge on any atom is -0.495 e. The Morgan fingerprint density at radius 2 is 1.88 bits per heavy atom. The Hall–Kier alpha value is -4.24. The van der Waals surface area contributed by atoms with Crippen LogP contribution >= 0.6 is 0 Å². The van der Waals surface area contributed by atoms with Gasteiger partial charge in [0.05, 0.1) is 12.8 Å². The highest BCUT2D eigenvalue weighted by atomic mass is 32.2. The summed E-state index contributed by atoms with van der Waals surface area (Å²) < 4.78 is 21.3. The summed E-state index contributed by atoms with van der Waals surface area (Å²) in [5, 5.41) is 0. The van der Waals surface area contributed by atoms with E-state index in [1.807, 2.05) is 60.7 Å². The van der Waals surface area contributed by atoms with E-state index in [0.29, 0.717) is 11.4 Å². The van der Waals surface area contributed by atoms with Gasteiger partial charge in [-0.15, -0.1) is 0 Å². The normalized spacial score (nSPS) is 11.9. The molecule has 2 N–H and O–H groups in total. The number of methoxy groups -OCH3 is 1. The predicted octanol–water partition coefficient (Wildman–Crippen LogP) is 3.47. The summed E-state index contributed by atoms with van der Waals surface area (Å²) in [7, 11) is 0.441. The maximum absolute atomic E-state index is 12.5. The summed E-state index contributed by atoms with van der Waals surface area (Å²) in [5.74, 6) is 0.616. The zero-order valence-corrected chi connectivity index (χ0v) is 19.3. The van der Waals surface area contributed by atoms with E-state index >= 15 is 0 Å². The van der Waals surface area contributed by atoms with Crippen LogP contribution in [0.15, 0.2) is 82.8 Å². The second kappa shape index (κ2) is 10.1. The third kappa shape index (κ3) is 5.21. The Morgan fingerprint density at radius 3 is 2.53 bits per heavy atom. The highest BCUT2D eigenvalue weighted by Crippen LogP contribution is 2.36. The lowest BCUT2D eigenvalue weighted by Gasteiger charge is -2.15. The second-order valence-electron chi connectivity index (χ2n) is 7.35. The smallest absolute Gasteiger partial charge is 0.332 e. The van der Waals surface area contributed by atoms with Crippen molar-refractivity contribution in [1.82, 2.24) is 14.5 Å². The van der Waals surface area contributed by atoms with Crippen molar-refractivity contribution in [1.29, 1.82) is 0 Å². The number of nitrogens with zero attached hydrogens (tertiary/aromatic N) is 2. The van der Waals surface area contributed by atoms with Crippen molar-refractivity contribution in [3.05, 3.63) is 105 Å². The van der Waals surface area contributed by atoms with Gasteiger partial charge in [0.2, 0.25) is 0 Å². The van der Waals surface area contributed by atoms with Crippen LogP contribution in [-0.2, 0) is 11.0 Å². The number of ether oxygens (including phenoxy) is 1. The van der Waals surface area contributed by atoms with E-state index in [4.69, 9.17) is 4.74 Å². The molecule has 0 radical (unpaired) electrons. The number of nitrogens with one attached hydrogen (secondary N) is 2. The Labute approximate surface area is 198 Å². The van der Waals surface area contributed by atoms with Gasteiger partial charge in [-0.05, 0) is 35.9 Å². The van der Waals surface area contributed by atoms with Gasteiger partial charge in [-0.25, -0.2) is 9.00 Å². The second-order valence-corrected chi connectivity index (χ2v) is 8.46. The van der Waals surface area contributed by atoms with Crippen molar-refractivity contribution in [3.63, 3.8) is 0 Å². The summed E-state index contributed by atoms with van der Waals surface area (Å²) in [4.78, 5) is 30.5. The van der Waals surface area contributed by atoms with Crippen molar-refractivity contribution in [3.8, 4) is 22.6 Å². The third-order valence-electron chi connectivity index (χ3n) is 5.01. The maximum atomic E-state index is 12.5. The third-order valence-corrected chi connectivity index (χ3v) is 5.53. The molecule has 4 aromatic rings. The van der Waals surface area contributed by atoms with Gasteiger partial charge >= 0.3 is 5.69 Å². The average Bonchev–Trinajstić information content (AvgIpc) is 2.83. The van der Waals surface area contributed by atoms with Crippen LogP contribution in [0.25, 0.3) is 29.0 Å². The summed E-state index contributed by atoms with van der Waals surface area (Å²) >= 11 is 0. The number of pyridine rings is 1. The molecule has 2 aromatic carbocycles. The first-order valence-electron chi connectivity index (χ1n) is 10.3. The molecule has 0 aliphatic heterocycles. The summed E-state index contributed by atoms with van der Waals surface area (Å²) in [5.41, 5.74) is 3.53. The molecule has 0 saturated carbocycles. The molecule has 0 fully saturated rings. The molecule has 0 bridgehead atoms. The van der Waals surface area contributed by atoms with Crippen LogP contribution in [0, 0.1) is 0 Å². The van der Waals surface area contributed by atoms with Gasteiger partial charge in [0.1, 0.15) is 16.7 Å². The number of rotatable bonds is 7. The van der Waals surface area contributed by atoms with Crippen molar-refractivity contribution in [2.24, 2.45) is 0 Å². The molecule has 2 heterocycles. The minimum absolute atomic E-state index is 0.466. The van der Waals surface area contributed by atoms with Crippen LogP contribution < -0.4 is 20.7 Å². The first-order chi connectivity index (χ1) is 16.4. The minimum atomic E-state index is -1.15. The standard InChI is InChI=1S/C25H22N4O4S/c1-33-24-18(8-5-17-6-9-20(10-7-17)28-34(2)32)14-21(29-13-11-23(30)27-25(29)31)15-22(24)19-4-3-12-26-16-19/h3-16,28H,1-2H3,(H,27,30,31)/b8-5+. The van der Waals surface area contributed by atoms with E-state index in [2.05, 4.69) is 14.7 Å². The molecule has 2 aromatic heterocycles. The lowest BCUT2D eigenvalue weighted by Crippen LogP contribution is -2.27. The van der Waals surface area contributed by atoms with Gasteiger partial charge in [0, 0.05) is 53.3 Å². The van der Waals surface area contributed by atoms with Crippen molar-refractivity contribution in [2.45, 2.75) is 0 Å². The van der Waals surface area contributed by atoms with Gasteiger partial charge in [-0.2, -0.15) is 0 Å². The molecule has 0 spiro atoms. The monoisotopic (exact) mass is 474 g/mol. The zero-order chi connectivity index (χ0) is 24.1. The molecule has 1 unspecified atom stereocenters. The largest absolute Gasteiger partial charge is 0.495 e. The molecule has 172 valence electrons. The Bertz CT molecular complexity index is 1480. The van der Waals surface area contributed by atoms with E-state index in [0.717, 1.165) is 27.9 Å². The van der Waals surface area contributed by atoms with Crippen LogP contribution in [0.3, 0.4) is 0 Å². The predicted molar refractivity (Wildman–Crippen MR) is 136 cm³/mol. The molecule has 0 saturated heterocycles. The van der Waals surface area contributed by atoms with E-state index in [1.165, 1.54) is 16.8 Å². The molecule has 0 amide bonds. The molecule has 1 atom stereocenters. The Balaban J connectivity index is 1.83. The van der Waals surface area contributed by atoms with Crippen LogP contribution in [0.1, 0.15) is 11.1 Å². The number of benzene rings is 2. The molecule has 8 nitrogen and oxygen atoms in total. The lowest BCUT2D eigenvalue weighted by atomic mass is 10.0. The van der Waals surface area contributed by atoms with Crippen LogP contribution in [0.5, 0.6) is 5.75 Å². The van der Waals surface area contributed by atoms with Gasteiger partial charge in [0.15, 0.2) is 0 Å². The maximum Gasteiger partial charge on any atom is 0.332 e. The molecule has 34 heavy (non-hydrogen) atoms. The number of aromatic amines is 1. The Morgan fingerprint density at radius 1 is 1.09 bits per heavy atom. The number of hydrogen-bond acceptors (Lipinski definition) is 5. The van der Waals surface area contributed by atoms with E-state index in [1.54, 1.807) is 25.8 Å². The highest BCUT2D eigenvalue weighted by Gasteiger charge is 2.14. The summed E-state index contributed by atoms with van der Waals surface area (Å²) in [6.07, 6.45) is 10.2. The van der Waals surface area contributed by atoms with Crippen molar-refractivity contribution < 1.29 is 8.95 Å². The quantitative estimate of drug-likeness (QED) is 0.399. The zero-order valence-electron chi connectivity index (χ0n) is 18.5. The number of hydrogen-bond donors (Lipinski definition) is 2. The van der Waals surface area contributed by atoms with Gasteiger partial charge in [-0.3, -0.25) is 19.3 Å². The van der Waals surface area contributed by atoms with E-state index in [9.17, 15) is 13.8 Å². The van der Waals surface area contributed by atoms with E-state index in [-0.39, 0.29) is 0 Å². The fourth-order valence-electron chi connectivity index (χ4n) is 3.50. The number of anilines is 1.